The second-order valence-electron chi connectivity index (χ2n) is 4.30. The van der Waals surface area contributed by atoms with E-state index < -0.39 is 6.09 Å². The molecule has 0 aliphatic heterocycles. The van der Waals surface area contributed by atoms with E-state index in [1.165, 1.54) is 0 Å². The highest BCUT2D eigenvalue weighted by Crippen LogP contribution is 2.19. The molecule has 1 aromatic heterocycles. The quantitative estimate of drug-likeness (QED) is 0.798. The molecule has 1 N–H and O–H groups in total. The van der Waals surface area contributed by atoms with E-state index in [0.29, 0.717) is 11.4 Å². The van der Waals surface area contributed by atoms with E-state index in [1.807, 2.05) is 36.5 Å². The second kappa shape index (κ2) is 5.92. The van der Waals surface area contributed by atoms with Crippen molar-refractivity contribution in [3.63, 3.8) is 0 Å². The van der Waals surface area contributed by atoms with Gasteiger partial charge in [0.2, 0.25) is 0 Å². The van der Waals surface area contributed by atoms with Crippen LogP contribution in [-0.2, 0) is 0 Å². The molecule has 0 saturated carbocycles. The number of nitrogens with zero attached hydrogens (tertiary/aromatic N) is 2. The SMILES string of the molecule is O=C(Nc1ccccc1-n1cccn1)Oc1ccccc1. The number of carbonyl (C=O) groups is 1. The van der Waals surface area contributed by atoms with Gasteiger partial charge < -0.3 is 4.74 Å². The van der Waals surface area contributed by atoms with E-state index in [0.717, 1.165) is 5.69 Å². The lowest BCUT2D eigenvalue weighted by Crippen LogP contribution is -2.18. The minimum absolute atomic E-state index is 0.492. The zero-order valence-electron chi connectivity index (χ0n) is 11.1. The third kappa shape index (κ3) is 3.09. The number of hydrogen-bond acceptors (Lipinski definition) is 3. The van der Waals surface area contributed by atoms with E-state index in [2.05, 4.69) is 10.4 Å². The summed E-state index contributed by atoms with van der Waals surface area (Å²) in [6.07, 6.45) is 2.95. The van der Waals surface area contributed by atoms with E-state index >= 15 is 0 Å². The Morgan fingerprint density at radius 1 is 1.00 bits per heavy atom. The average molecular weight is 279 g/mol. The highest BCUT2D eigenvalue weighted by molar-refractivity contribution is 5.88. The Kier molecular flexibility index (Phi) is 3.64. The van der Waals surface area contributed by atoms with Gasteiger partial charge in [0.1, 0.15) is 5.75 Å². The molecule has 0 unspecified atom stereocenters. The number of carbonyl (C=O) groups excluding carboxylic acids is 1. The van der Waals surface area contributed by atoms with Crippen LogP contribution in [0, 0.1) is 0 Å². The number of nitrogens with one attached hydrogen (secondary N) is 1. The van der Waals surface area contributed by atoms with Gasteiger partial charge in [0, 0.05) is 12.4 Å². The molecule has 21 heavy (non-hydrogen) atoms. The average Bonchev–Trinajstić information content (AvgIpc) is 3.03. The Labute approximate surface area is 121 Å². The molecule has 5 heteroatoms. The fraction of sp³-hybridized carbons (Fsp3) is 0. The van der Waals surface area contributed by atoms with Crippen LogP contribution in [0.2, 0.25) is 0 Å². The van der Waals surface area contributed by atoms with Gasteiger partial charge in [0.15, 0.2) is 0 Å². The van der Waals surface area contributed by atoms with Crippen LogP contribution in [0.4, 0.5) is 10.5 Å². The maximum atomic E-state index is 11.9. The van der Waals surface area contributed by atoms with Gasteiger partial charge in [-0.05, 0) is 30.3 Å². The molecule has 0 fully saturated rings. The predicted molar refractivity (Wildman–Crippen MR) is 79.7 cm³/mol. The molecule has 0 aliphatic carbocycles. The van der Waals surface area contributed by atoms with Crippen molar-refractivity contribution in [1.82, 2.24) is 9.78 Å². The summed E-state index contributed by atoms with van der Waals surface area (Å²) in [5.41, 5.74) is 1.40. The zero-order valence-corrected chi connectivity index (χ0v) is 11.1. The molecule has 1 heterocycles. The molecule has 0 bridgehead atoms. The molecular formula is C16H13N3O2. The van der Waals surface area contributed by atoms with Gasteiger partial charge >= 0.3 is 6.09 Å². The third-order valence-electron chi connectivity index (χ3n) is 2.85. The lowest BCUT2D eigenvalue weighted by Gasteiger charge is -2.11. The van der Waals surface area contributed by atoms with E-state index in [4.69, 9.17) is 4.74 Å². The fourth-order valence-corrected chi connectivity index (χ4v) is 1.92. The van der Waals surface area contributed by atoms with Gasteiger partial charge in [-0.1, -0.05) is 30.3 Å². The Hall–Kier alpha value is -3.08. The van der Waals surface area contributed by atoms with Crippen LogP contribution in [0.3, 0.4) is 0 Å². The van der Waals surface area contributed by atoms with Crippen molar-refractivity contribution in [2.75, 3.05) is 5.32 Å². The molecule has 3 rings (SSSR count). The molecule has 0 radical (unpaired) electrons. The first-order valence-electron chi connectivity index (χ1n) is 6.46. The number of para-hydroxylation sites is 3. The maximum absolute atomic E-state index is 11.9. The summed E-state index contributed by atoms with van der Waals surface area (Å²) in [4.78, 5) is 11.9. The Bertz CT molecular complexity index is 724. The van der Waals surface area contributed by atoms with Crippen LogP contribution in [0.5, 0.6) is 5.75 Å². The van der Waals surface area contributed by atoms with Crippen LogP contribution in [-0.4, -0.2) is 15.9 Å². The zero-order chi connectivity index (χ0) is 14.5. The number of benzene rings is 2. The number of rotatable bonds is 3. The first kappa shape index (κ1) is 12.9. The Balaban J connectivity index is 1.78. The lowest BCUT2D eigenvalue weighted by molar-refractivity contribution is 0.215. The molecule has 2 aromatic carbocycles. The van der Waals surface area contributed by atoms with Gasteiger partial charge in [0.05, 0.1) is 11.4 Å². The van der Waals surface area contributed by atoms with Crippen LogP contribution < -0.4 is 10.1 Å². The standard InChI is InChI=1S/C16H13N3O2/c20-16(21-13-7-2-1-3-8-13)18-14-9-4-5-10-15(14)19-12-6-11-17-19/h1-12H,(H,18,20). The van der Waals surface area contributed by atoms with Crippen LogP contribution in [0.25, 0.3) is 5.69 Å². The molecular weight excluding hydrogens is 266 g/mol. The maximum Gasteiger partial charge on any atom is 0.417 e. The van der Waals surface area contributed by atoms with E-state index in [-0.39, 0.29) is 0 Å². The van der Waals surface area contributed by atoms with Gasteiger partial charge in [-0.2, -0.15) is 5.10 Å². The van der Waals surface area contributed by atoms with E-state index in [9.17, 15) is 4.79 Å². The second-order valence-corrected chi connectivity index (χ2v) is 4.30. The van der Waals surface area contributed by atoms with Crippen molar-refractivity contribution in [2.45, 2.75) is 0 Å². The highest BCUT2D eigenvalue weighted by atomic mass is 16.6. The number of ether oxygens (including phenoxy) is 1. The Morgan fingerprint density at radius 2 is 1.76 bits per heavy atom. The van der Waals surface area contributed by atoms with Gasteiger partial charge in [-0.25, -0.2) is 9.48 Å². The Morgan fingerprint density at radius 3 is 2.52 bits per heavy atom. The summed E-state index contributed by atoms with van der Waals surface area (Å²) >= 11 is 0. The first-order chi connectivity index (χ1) is 10.3. The van der Waals surface area contributed by atoms with Crippen molar-refractivity contribution in [3.05, 3.63) is 73.1 Å². The fourth-order valence-electron chi connectivity index (χ4n) is 1.92. The van der Waals surface area contributed by atoms with Gasteiger partial charge in [0.25, 0.3) is 0 Å². The molecule has 0 aliphatic rings. The number of hydrogen-bond donors (Lipinski definition) is 1. The summed E-state index contributed by atoms with van der Waals surface area (Å²) in [5, 5.41) is 6.89. The van der Waals surface area contributed by atoms with Crippen molar-refractivity contribution < 1.29 is 9.53 Å². The molecule has 3 aromatic rings. The van der Waals surface area contributed by atoms with Crippen LogP contribution >= 0.6 is 0 Å². The third-order valence-corrected chi connectivity index (χ3v) is 2.85. The summed E-state index contributed by atoms with van der Waals surface area (Å²) in [7, 11) is 0. The first-order valence-corrected chi connectivity index (χ1v) is 6.46. The van der Waals surface area contributed by atoms with Gasteiger partial charge in [-0.3, -0.25) is 5.32 Å². The van der Waals surface area contributed by atoms with Gasteiger partial charge in [-0.15, -0.1) is 0 Å². The number of anilines is 1. The van der Waals surface area contributed by atoms with Crippen LogP contribution in [0.15, 0.2) is 73.1 Å². The summed E-state index contributed by atoms with van der Waals surface area (Å²) in [6.45, 7) is 0. The summed E-state index contributed by atoms with van der Waals surface area (Å²) < 4.78 is 6.89. The monoisotopic (exact) mass is 279 g/mol. The molecule has 5 nitrogen and oxygen atoms in total. The summed E-state index contributed by atoms with van der Waals surface area (Å²) in [6, 6.07) is 18.1. The smallest absolute Gasteiger partial charge is 0.410 e. The minimum atomic E-state index is -0.541. The molecule has 0 saturated heterocycles. The topological polar surface area (TPSA) is 56.2 Å². The number of amides is 1. The molecule has 104 valence electrons. The highest BCUT2D eigenvalue weighted by Gasteiger charge is 2.09. The molecule has 0 spiro atoms. The molecule has 1 amide bonds. The number of aromatic nitrogens is 2. The van der Waals surface area contributed by atoms with Crippen molar-refractivity contribution >= 4 is 11.8 Å². The lowest BCUT2D eigenvalue weighted by atomic mass is 10.2. The normalized spacial score (nSPS) is 10.1. The predicted octanol–water partition coefficient (Wildman–Crippen LogP) is 3.48. The van der Waals surface area contributed by atoms with E-state index in [1.54, 1.807) is 41.2 Å². The molecule has 0 atom stereocenters. The summed E-state index contributed by atoms with van der Waals surface area (Å²) in [5.74, 6) is 0.492. The van der Waals surface area contributed by atoms with Crippen LogP contribution in [0.1, 0.15) is 0 Å². The van der Waals surface area contributed by atoms with Crippen molar-refractivity contribution in [3.8, 4) is 11.4 Å². The minimum Gasteiger partial charge on any atom is -0.410 e. The van der Waals surface area contributed by atoms with Crippen molar-refractivity contribution in [1.29, 1.82) is 0 Å². The largest absolute Gasteiger partial charge is 0.417 e. The van der Waals surface area contributed by atoms with Crippen molar-refractivity contribution in [2.24, 2.45) is 0 Å².